The highest BCUT2D eigenvalue weighted by atomic mass is 79.9. The summed E-state index contributed by atoms with van der Waals surface area (Å²) in [7, 11) is 1.30. The molecular formula is C27H27BrN2O6S. The van der Waals surface area contributed by atoms with Gasteiger partial charge in [0.1, 0.15) is 5.75 Å². The minimum Gasteiger partial charge on any atom is -0.493 e. The van der Waals surface area contributed by atoms with E-state index in [0.29, 0.717) is 52.0 Å². The van der Waals surface area contributed by atoms with E-state index in [4.69, 9.17) is 18.9 Å². The molecule has 0 bridgehead atoms. The monoisotopic (exact) mass is 586 g/mol. The van der Waals surface area contributed by atoms with Crippen molar-refractivity contribution in [2.75, 3.05) is 26.9 Å². The van der Waals surface area contributed by atoms with Gasteiger partial charge in [-0.1, -0.05) is 33.3 Å². The maximum atomic E-state index is 13.8. The van der Waals surface area contributed by atoms with E-state index >= 15 is 0 Å². The van der Waals surface area contributed by atoms with Gasteiger partial charge in [0.2, 0.25) is 0 Å². The molecule has 0 amide bonds. The molecule has 0 aliphatic carbocycles. The van der Waals surface area contributed by atoms with Crippen molar-refractivity contribution in [2.24, 2.45) is 4.99 Å². The Morgan fingerprint density at radius 3 is 2.41 bits per heavy atom. The van der Waals surface area contributed by atoms with Gasteiger partial charge in [-0.05, 0) is 62.7 Å². The average Bonchev–Trinajstić information content (AvgIpc) is 3.21. The highest BCUT2D eigenvalue weighted by Crippen LogP contribution is 2.35. The summed E-state index contributed by atoms with van der Waals surface area (Å²) >= 11 is 4.73. The summed E-state index contributed by atoms with van der Waals surface area (Å²) in [6.07, 6.45) is 3.25. The number of halogens is 1. The zero-order chi connectivity index (χ0) is 26.5. The molecular weight excluding hydrogens is 560 g/mol. The number of benzene rings is 2. The average molecular weight is 587 g/mol. The number of aromatic nitrogens is 1. The molecule has 0 N–H and O–H groups in total. The topological polar surface area (TPSA) is 88.3 Å². The number of thiazole rings is 1. The first-order valence-corrected chi connectivity index (χ1v) is 13.4. The van der Waals surface area contributed by atoms with Crippen LogP contribution in [0.1, 0.15) is 37.9 Å². The fourth-order valence-electron chi connectivity index (χ4n) is 4.05. The third-order valence-corrected chi connectivity index (χ3v) is 7.06. The second kappa shape index (κ2) is 11.8. The lowest BCUT2D eigenvalue weighted by Crippen LogP contribution is -2.39. The lowest BCUT2D eigenvalue weighted by atomic mass is 9.97. The van der Waals surface area contributed by atoms with Crippen LogP contribution in [0.3, 0.4) is 0 Å². The quantitative estimate of drug-likeness (QED) is 0.352. The molecule has 1 aliphatic heterocycles. The fourth-order valence-corrected chi connectivity index (χ4v) is 5.39. The zero-order valence-corrected chi connectivity index (χ0v) is 23.4. The summed E-state index contributed by atoms with van der Waals surface area (Å²) in [5, 5.41) is 0. The Morgan fingerprint density at radius 2 is 1.70 bits per heavy atom. The van der Waals surface area contributed by atoms with Gasteiger partial charge in [-0.2, -0.15) is 0 Å². The van der Waals surface area contributed by atoms with Gasteiger partial charge >= 0.3 is 5.97 Å². The SMILES string of the molecule is CCOc1ccc(Br)cc1/C=c1\sc2n(c1=O)[C@@H](c1ccc(OCC)c(OCC)c1)C(C(=O)OC)=CN=2. The Bertz CT molecular complexity index is 1520. The number of carbonyl (C=O) groups excluding carboxylic acids is 1. The zero-order valence-electron chi connectivity index (χ0n) is 20.9. The molecule has 3 aromatic rings. The first-order valence-electron chi connectivity index (χ1n) is 11.8. The largest absolute Gasteiger partial charge is 0.493 e. The van der Waals surface area contributed by atoms with Crippen LogP contribution in [0.4, 0.5) is 0 Å². The number of hydrogen-bond donors (Lipinski definition) is 0. The van der Waals surface area contributed by atoms with Crippen molar-refractivity contribution in [1.29, 1.82) is 0 Å². The second-order valence-electron chi connectivity index (χ2n) is 7.86. The molecule has 0 saturated carbocycles. The van der Waals surface area contributed by atoms with Crippen molar-refractivity contribution in [2.45, 2.75) is 26.8 Å². The first kappa shape index (κ1) is 26.7. The Labute approximate surface area is 226 Å². The Balaban J connectivity index is 1.92. The van der Waals surface area contributed by atoms with E-state index in [0.717, 1.165) is 10.0 Å². The Kier molecular flexibility index (Phi) is 8.50. The Morgan fingerprint density at radius 1 is 1.03 bits per heavy atom. The van der Waals surface area contributed by atoms with Gasteiger partial charge in [0.05, 0.1) is 43.1 Å². The van der Waals surface area contributed by atoms with Crippen LogP contribution < -0.4 is 29.1 Å². The van der Waals surface area contributed by atoms with Crippen molar-refractivity contribution < 1.29 is 23.7 Å². The molecule has 1 aromatic heterocycles. The van der Waals surface area contributed by atoms with Crippen molar-refractivity contribution in [3.63, 3.8) is 0 Å². The van der Waals surface area contributed by atoms with Crippen LogP contribution in [0.15, 0.2) is 62.4 Å². The van der Waals surface area contributed by atoms with Crippen molar-refractivity contribution in [3.05, 3.63) is 83.5 Å². The summed E-state index contributed by atoms with van der Waals surface area (Å²) in [5.41, 5.74) is 1.39. The van der Waals surface area contributed by atoms with E-state index in [1.165, 1.54) is 29.2 Å². The van der Waals surface area contributed by atoms with Crippen LogP contribution in [0, 0.1) is 0 Å². The number of methoxy groups -OCH3 is 1. The van der Waals surface area contributed by atoms with Gasteiger partial charge in [-0.15, -0.1) is 0 Å². The van der Waals surface area contributed by atoms with E-state index in [2.05, 4.69) is 20.9 Å². The first-order chi connectivity index (χ1) is 17.9. The molecule has 0 unspecified atom stereocenters. The molecule has 37 heavy (non-hydrogen) atoms. The fraction of sp³-hybridized carbons (Fsp3) is 0.296. The molecule has 1 atom stereocenters. The number of rotatable bonds is 9. The summed E-state index contributed by atoms with van der Waals surface area (Å²) in [6.45, 7) is 7.07. The van der Waals surface area contributed by atoms with Gasteiger partial charge in [0.25, 0.3) is 5.56 Å². The molecule has 10 heteroatoms. The standard InChI is InChI=1S/C27H27BrN2O6S/c1-5-34-20-11-9-18(28)12-17(20)14-23-25(31)30-24(19(26(32)33-4)15-29-27(30)37-23)16-8-10-21(35-6-2)22(13-16)36-7-3/h8-15,24H,5-7H2,1-4H3/b23-14-/t24-/m0/s1. The predicted molar refractivity (Wildman–Crippen MR) is 145 cm³/mol. The van der Waals surface area contributed by atoms with Crippen molar-refractivity contribution >= 4 is 39.3 Å². The molecule has 8 nitrogen and oxygen atoms in total. The van der Waals surface area contributed by atoms with Gasteiger partial charge in [-0.25, -0.2) is 9.79 Å². The Hall–Kier alpha value is -3.37. The van der Waals surface area contributed by atoms with Gasteiger partial charge in [-0.3, -0.25) is 9.36 Å². The molecule has 194 valence electrons. The van der Waals surface area contributed by atoms with E-state index in [1.54, 1.807) is 18.2 Å². The highest BCUT2D eigenvalue weighted by Gasteiger charge is 2.31. The molecule has 0 radical (unpaired) electrons. The molecule has 4 rings (SSSR count). The third-order valence-electron chi connectivity index (χ3n) is 5.57. The van der Waals surface area contributed by atoms with Crippen LogP contribution in [0.5, 0.6) is 17.2 Å². The molecule has 0 fully saturated rings. The molecule has 2 heterocycles. The van der Waals surface area contributed by atoms with Gasteiger partial charge < -0.3 is 18.9 Å². The van der Waals surface area contributed by atoms with Crippen LogP contribution in [0.2, 0.25) is 0 Å². The van der Waals surface area contributed by atoms with Crippen LogP contribution >= 0.6 is 27.3 Å². The normalized spacial score (nSPS) is 14.9. The van der Waals surface area contributed by atoms with Crippen LogP contribution in [-0.4, -0.2) is 37.5 Å². The van der Waals surface area contributed by atoms with E-state index in [9.17, 15) is 9.59 Å². The number of fused-ring (bicyclic) bond motifs is 1. The van der Waals surface area contributed by atoms with Gasteiger partial charge in [0.15, 0.2) is 16.3 Å². The van der Waals surface area contributed by atoms with E-state index < -0.39 is 12.0 Å². The lowest BCUT2D eigenvalue weighted by Gasteiger charge is -2.23. The molecule has 1 aliphatic rings. The maximum absolute atomic E-state index is 13.8. The summed E-state index contributed by atoms with van der Waals surface area (Å²) in [5.74, 6) is 1.21. The minimum atomic E-state index is -0.755. The van der Waals surface area contributed by atoms with Gasteiger partial charge in [0, 0.05) is 16.2 Å². The molecule has 0 saturated heterocycles. The lowest BCUT2D eigenvalue weighted by molar-refractivity contribution is -0.136. The number of ether oxygens (including phenoxy) is 4. The maximum Gasteiger partial charge on any atom is 0.337 e. The summed E-state index contributed by atoms with van der Waals surface area (Å²) in [6, 6.07) is 10.3. The summed E-state index contributed by atoms with van der Waals surface area (Å²) in [4.78, 5) is 31.4. The van der Waals surface area contributed by atoms with Crippen LogP contribution in [-0.2, 0) is 9.53 Å². The number of esters is 1. The van der Waals surface area contributed by atoms with E-state index in [-0.39, 0.29) is 11.1 Å². The third kappa shape index (κ3) is 5.50. The second-order valence-corrected chi connectivity index (χ2v) is 9.79. The number of hydrogen-bond acceptors (Lipinski definition) is 8. The minimum absolute atomic E-state index is 0.241. The van der Waals surface area contributed by atoms with E-state index in [1.807, 2.05) is 45.0 Å². The highest BCUT2D eigenvalue weighted by molar-refractivity contribution is 9.10. The number of carbonyl (C=O) groups is 1. The molecule has 0 spiro atoms. The van der Waals surface area contributed by atoms with Crippen molar-refractivity contribution in [1.82, 2.24) is 4.57 Å². The smallest absolute Gasteiger partial charge is 0.337 e. The summed E-state index contributed by atoms with van der Waals surface area (Å²) < 4.78 is 25.1. The number of nitrogens with zero attached hydrogens (tertiary/aromatic N) is 2. The van der Waals surface area contributed by atoms with Crippen molar-refractivity contribution in [3.8, 4) is 17.2 Å². The predicted octanol–water partition coefficient (Wildman–Crippen LogP) is 3.98. The molecule has 2 aromatic carbocycles. The van der Waals surface area contributed by atoms with Crippen LogP contribution in [0.25, 0.3) is 6.08 Å².